The topological polar surface area (TPSA) is 53.5 Å². The van der Waals surface area contributed by atoms with Crippen LogP contribution in [0.1, 0.15) is 32.1 Å². The van der Waals surface area contributed by atoms with E-state index < -0.39 is 0 Å². The van der Waals surface area contributed by atoms with Gasteiger partial charge in [0.15, 0.2) is 6.29 Å². The minimum absolute atomic E-state index is 0.0895. The minimum atomic E-state index is -0.171. The van der Waals surface area contributed by atoms with Crippen LogP contribution in [-0.2, 0) is 4.79 Å². The van der Waals surface area contributed by atoms with Crippen molar-refractivity contribution in [1.29, 1.82) is 0 Å². The summed E-state index contributed by atoms with van der Waals surface area (Å²) in [6.45, 7) is 0. The van der Waals surface area contributed by atoms with Gasteiger partial charge in [-0.1, -0.05) is 19.3 Å². The maximum Gasteiger partial charge on any atom is 0.264 e. The van der Waals surface area contributed by atoms with E-state index in [0.29, 0.717) is 6.04 Å². The lowest BCUT2D eigenvalue weighted by Crippen LogP contribution is -2.45. The Bertz CT molecular complexity index is 221. The zero-order valence-corrected chi connectivity index (χ0v) is 7.62. The summed E-state index contributed by atoms with van der Waals surface area (Å²) in [6.07, 6.45) is 7.53. The van der Waals surface area contributed by atoms with Crippen LogP contribution in [-0.4, -0.2) is 24.5 Å². The van der Waals surface area contributed by atoms with Gasteiger partial charge in [-0.2, -0.15) is 0 Å². The minimum Gasteiger partial charge on any atom is -0.317 e. The summed E-state index contributed by atoms with van der Waals surface area (Å²) in [5.41, 5.74) is 0. The molecule has 1 aliphatic carbocycles. The summed E-state index contributed by atoms with van der Waals surface area (Å²) in [5.74, 6) is -0.0895. The van der Waals surface area contributed by atoms with Crippen LogP contribution in [0.2, 0.25) is 0 Å². The molecule has 13 heavy (non-hydrogen) atoms. The third-order valence-electron chi connectivity index (χ3n) is 2.62. The highest BCUT2D eigenvalue weighted by atomic mass is 16.2. The lowest BCUT2D eigenvalue weighted by molar-refractivity contribution is -0.114. The molecule has 72 valence electrons. The highest BCUT2D eigenvalue weighted by molar-refractivity contribution is 6.27. The third-order valence-corrected chi connectivity index (χ3v) is 2.62. The summed E-state index contributed by atoms with van der Waals surface area (Å²) >= 11 is 0. The molecule has 1 aliphatic heterocycles. The summed E-state index contributed by atoms with van der Waals surface area (Å²) in [7, 11) is 0. The van der Waals surface area contributed by atoms with Crippen molar-refractivity contribution in [3.05, 3.63) is 0 Å². The smallest absolute Gasteiger partial charge is 0.264 e. The lowest BCUT2D eigenvalue weighted by Gasteiger charge is -2.24. The first-order chi connectivity index (χ1) is 6.34. The van der Waals surface area contributed by atoms with Gasteiger partial charge in [-0.3, -0.25) is 10.1 Å². The summed E-state index contributed by atoms with van der Waals surface area (Å²) < 4.78 is 0. The first kappa shape index (κ1) is 8.69. The van der Waals surface area contributed by atoms with Gasteiger partial charge in [0.2, 0.25) is 0 Å². The highest BCUT2D eigenvalue weighted by Gasteiger charge is 2.20. The van der Waals surface area contributed by atoms with Gasteiger partial charge in [0.05, 0.1) is 6.21 Å². The van der Waals surface area contributed by atoms with E-state index in [1.54, 1.807) is 0 Å². The Morgan fingerprint density at radius 2 is 2.15 bits per heavy atom. The molecule has 1 amide bonds. The molecule has 2 aliphatic rings. The van der Waals surface area contributed by atoms with E-state index in [4.69, 9.17) is 0 Å². The Kier molecular flexibility index (Phi) is 2.59. The summed E-state index contributed by atoms with van der Waals surface area (Å²) in [5, 5.41) is 6.05. The summed E-state index contributed by atoms with van der Waals surface area (Å²) in [6, 6.07) is 0.536. The van der Waals surface area contributed by atoms with Crippen molar-refractivity contribution in [3.8, 4) is 0 Å². The molecule has 2 N–H and O–H groups in total. The highest BCUT2D eigenvalue weighted by Crippen LogP contribution is 2.17. The van der Waals surface area contributed by atoms with E-state index in [-0.39, 0.29) is 12.2 Å². The monoisotopic (exact) mass is 181 g/mol. The molecule has 1 heterocycles. The molecule has 0 spiro atoms. The van der Waals surface area contributed by atoms with Crippen molar-refractivity contribution in [3.63, 3.8) is 0 Å². The largest absolute Gasteiger partial charge is 0.317 e. The molecule has 0 radical (unpaired) electrons. The molecule has 1 saturated carbocycles. The van der Waals surface area contributed by atoms with Crippen LogP contribution in [0.4, 0.5) is 0 Å². The maximum absolute atomic E-state index is 10.8. The van der Waals surface area contributed by atoms with Crippen LogP contribution in [0.3, 0.4) is 0 Å². The van der Waals surface area contributed by atoms with Gasteiger partial charge in [-0.15, -0.1) is 0 Å². The average molecular weight is 181 g/mol. The first-order valence-electron chi connectivity index (χ1n) is 4.94. The predicted octanol–water partition coefficient (Wildman–Crippen LogP) is 0.393. The van der Waals surface area contributed by atoms with Crippen molar-refractivity contribution < 1.29 is 4.79 Å². The van der Waals surface area contributed by atoms with Gasteiger partial charge in [0, 0.05) is 6.04 Å². The number of amides is 1. The van der Waals surface area contributed by atoms with Crippen LogP contribution in [0.5, 0.6) is 0 Å². The standard InChI is InChI=1S/C9H15N3O/c13-8-6-10-9(12-8)11-7-4-2-1-3-5-7/h6-7,9,11H,1-5H2,(H,12,13). The maximum atomic E-state index is 10.8. The number of aliphatic imine (C=N–C) groups is 1. The summed E-state index contributed by atoms with van der Waals surface area (Å²) in [4.78, 5) is 14.8. The number of hydrogen-bond acceptors (Lipinski definition) is 3. The molecule has 2 rings (SSSR count). The van der Waals surface area contributed by atoms with E-state index in [2.05, 4.69) is 15.6 Å². The van der Waals surface area contributed by atoms with Gasteiger partial charge in [0.1, 0.15) is 0 Å². The Morgan fingerprint density at radius 1 is 1.38 bits per heavy atom. The normalized spacial score (nSPS) is 29.2. The molecule has 0 aromatic rings. The SMILES string of the molecule is O=C1C=NC(NC2CCCCC2)N1. The quantitative estimate of drug-likeness (QED) is 0.647. The second-order valence-electron chi connectivity index (χ2n) is 3.69. The van der Waals surface area contributed by atoms with Crippen LogP contribution in [0.25, 0.3) is 0 Å². The van der Waals surface area contributed by atoms with Crippen LogP contribution in [0, 0.1) is 0 Å². The Balaban J connectivity index is 1.77. The lowest BCUT2D eigenvalue weighted by atomic mass is 9.96. The zero-order chi connectivity index (χ0) is 9.10. The number of carbonyl (C=O) groups excluding carboxylic acids is 1. The van der Waals surface area contributed by atoms with Crippen LogP contribution in [0.15, 0.2) is 4.99 Å². The molecule has 1 fully saturated rings. The van der Waals surface area contributed by atoms with E-state index in [1.807, 2.05) is 0 Å². The number of hydrogen-bond donors (Lipinski definition) is 2. The fraction of sp³-hybridized carbons (Fsp3) is 0.778. The van der Waals surface area contributed by atoms with Crippen LogP contribution < -0.4 is 10.6 Å². The second-order valence-corrected chi connectivity index (χ2v) is 3.69. The third kappa shape index (κ3) is 2.28. The van der Waals surface area contributed by atoms with Gasteiger partial charge in [0.25, 0.3) is 5.91 Å². The Morgan fingerprint density at radius 3 is 2.77 bits per heavy atom. The van der Waals surface area contributed by atoms with Gasteiger partial charge < -0.3 is 5.32 Å². The molecule has 1 unspecified atom stereocenters. The van der Waals surface area contributed by atoms with Gasteiger partial charge in [-0.25, -0.2) is 4.99 Å². The number of nitrogens with zero attached hydrogens (tertiary/aromatic N) is 1. The van der Waals surface area contributed by atoms with Crippen molar-refractivity contribution in [1.82, 2.24) is 10.6 Å². The number of nitrogens with one attached hydrogen (secondary N) is 2. The van der Waals surface area contributed by atoms with Crippen molar-refractivity contribution in [2.75, 3.05) is 0 Å². The molecule has 1 atom stereocenters. The molecular formula is C9H15N3O. The second kappa shape index (κ2) is 3.87. The van der Waals surface area contributed by atoms with Crippen LogP contribution >= 0.6 is 0 Å². The van der Waals surface area contributed by atoms with Gasteiger partial charge in [-0.05, 0) is 12.8 Å². The van der Waals surface area contributed by atoms with Crippen molar-refractivity contribution in [2.24, 2.45) is 4.99 Å². The van der Waals surface area contributed by atoms with E-state index >= 15 is 0 Å². The fourth-order valence-electron chi connectivity index (χ4n) is 1.93. The van der Waals surface area contributed by atoms with Crippen molar-refractivity contribution in [2.45, 2.75) is 44.4 Å². The first-order valence-corrected chi connectivity index (χ1v) is 4.94. The van der Waals surface area contributed by atoms with E-state index in [0.717, 1.165) is 0 Å². The number of rotatable bonds is 2. The fourth-order valence-corrected chi connectivity index (χ4v) is 1.93. The molecule has 4 heteroatoms. The Labute approximate surface area is 77.8 Å². The van der Waals surface area contributed by atoms with E-state index in [1.165, 1.54) is 38.3 Å². The molecular weight excluding hydrogens is 166 g/mol. The van der Waals surface area contributed by atoms with E-state index in [9.17, 15) is 4.79 Å². The molecule has 0 saturated heterocycles. The number of carbonyl (C=O) groups is 1. The van der Waals surface area contributed by atoms with Crippen molar-refractivity contribution >= 4 is 12.1 Å². The van der Waals surface area contributed by atoms with Gasteiger partial charge >= 0.3 is 0 Å². The predicted molar refractivity (Wildman–Crippen MR) is 50.4 cm³/mol. The molecule has 4 nitrogen and oxygen atoms in total. The zero-order valence-electron chi connectivity index (χ0n) is 7.62. The Hall–Kier alpha value is -0.900. The average Bonchev–Trinajstić information content (AvgIpc) is 2.53. The molecule has 0 bridgehead atoms. The molecule has 0 aromatic heterocycles. The molecule has 0 aromatic carbocycles.